The first-order valence-electron chi connectivity index (χ1n) is 8.37. The van der Waals surface area contributed by atoms with Gasteiger partial charge in [-0.3, -0.25) is 14.5 Å². The number of likely N-dealkylation sites (N-methyl/N-ethyl adjacent to an activating group) is 2. The van der Waals surface area contributed by atoms with Crippen molar-refractivity contribution in [3.8, 4) is 0 Å². The third-order valence-corrected chi connectivity index (χ3v) is 4.11. The maximum atomic E-state index is 12.8. The van der Waals surface area contributed by atoms with Crippen molar-refractivity contribution in [2.45, 2.75) is 59.2 Å². The standard InChI is InChI=1S/C18H34N2O3/c1-9-10-14(6)18(23-15(21)11-19-7)16(17(22)12(2)3)20(8)13(4)5/h9,12-14,16,18-19H,1,10-11H2,2-8H3/t14-,16-,18-/m1/s1. The Morgan fingerprint density at radius 1 is 1.22 bits per heavy atom. The second-order valence-corrected chi connectivity index (χ2v) is 6.75. The highest BCUT2D eigenvalue weighted by atomic mass is 16.5. The van der Waals surface area contributed by atoms with E-state index in [1.165, 1.54) is 0 Å². The molecule has 0 saturated carbocycles. The normalized spacial score (nSPS) is 15.6. The number of esters is 1. The van der Waals surface area contributed by atoms with Gasteiger partial charge in [-0.1, -0.05) is 26.8 Å². The molecule has 0 fully saturated rings. The summed E-state index contributed by atoms with van der Waals surface area (Å²) in [5.74, 6) is -0.351. The van der Waals surface area contributed by atoms with Crippen LogP contribution in [0.5, 0.6) is 0 Å². The average molecular weight is 326 g/mol. The number of carbonyl (C=O) groups is 2. The van der Waals surface area contributed by atoms with Crippen LogP contribution in [0.4, 0.5) is 0 Å². The number of allylic oxidation sites excluding steroid dienone is 1. The largest absolute Gasteiger partial charge is 0.459 e. The van der Waals surface area contributed by atoms with Crippen molar-refractivity contribution in [3.05, 3.63) is 12.7 Å². The summed E-state index contributed by atoms with van der Waals surface area (Å²) in [4.78, 5) is 26.8. The fraction of sp³-hybridized carbons (Fsp3) is 0.778. The molecule has 0 spiro atoms. The van der Waals surface area contributed by atoms with Gasteiger partial charge in [-0.15, -0.1) is 6.58 Å². The SMILES string of the molecule is C=CC[C@@H](C)[C@@H](OC(=O)CNC)[C@@H](C(=O)C(C)C)N(C)C(C)C. The Morgan fingerprint density at radius 3 is 2.17 bits per heavy atom. The number of rotatable bonds is 11. The monoisotopic (exact) mass is 326 g/mol. The molecule has 5 heteroatoms. The van der Waals surface area contributed by atoms with E-state index in [1.807, 2.05) is 46.6 Å². The Kier molecular flexibility index (Phi) is 10.0. The van der Waals surface area contributed by atoms with Gasteiger partial charge in [-0.2, -0.15) is 0 Å². The average Bonchev–Trinajstić information content (AvgIpc) is 2.46. The highest BCUT2D eigenvalue weighted by molar-refractivity contribution is 5.87. The summed E-state index contributed by atoms with van der Waals surface area (Å²) in [5, 5.41) is 2.79. The minimum Gasteiger partial charge on any atom is -0.459 e. The van der Waals surface area contributed by atoms with Crippen LogP contribution in [0.15, 0.2) is 12.7 Å². The Hall–Kier alpha value is -1.20. The summed E-state index contributed by atoms with van der Waals surface area (Å²) in [5.41, 5.74) is 0. The molecular formula is C18H34N2O3. The van der Waals surface area contributed by atoms with E-state index in [0.717, 1.165) is 0 Å². The predicted molar refractivity (Wildman–Crippen MR) is 94.3 cm³/mol. The van der Waals surface area contributed by atoms with Crippen molar-refractivity contribution in [2.75, 3.05) is 20.6 Å². The first kappa shape index (κ1) is 21.8. The molecule has 0 heterocycles. The number of carbonyl (C=O) groups excluding carboxylic acids is 2. The van der Waals surface area contributed by atoms with Gasteiger partial charge in [0.25, 0.3) is 0 Å². The molecule has 23 heavy (non-hydrogen) atoms. The van der Waals surface area contributed by atoms with Gasteiger partial charge in [0.05, 0.1) is 6.54 Å². The number of Topliss-reactive ketones (excluding diaryl/α,β-unsaturated/α-hetero) is 1. The summed E-state index contributed by atoms with van der Waals surface area (Å²) in [7, 11) is 3.61. The third-order valence-electron chi connectivity index (χ3n) is 4.11. The zero-order valence-corrected chi connectivity index (χ0v) is 15.8. The molecule has 134 valence electrons. The van der Waals surface area contributed by atoms with E-state index in [0.29, 0.717) is 6.42 Å². The number of ether oxygens (including phenoxy) is 1. The molecule has 0 aliphatic heterocycles. The second-order valence-electron chi connectivity index (χ2n) is 6.75. The summed E-state index contributed by atoms with van der Waals surface area (Å²) in [6.07, 6.45) is 2.00. The molecule has 0 aromatic rings. The van der Waals surface area contributed by atoms with Crippen LogP contribution >= 0.6 is 0 Å². The molecule has 0 bridgehead atoms. The van der Waals surface area contributed by atoms with Crippen LogP contribution in [0.2, 0.25) is 0 Å². The van der Waals surface area contributed by atoms with Gasteiger partial charge in [0.15, 0.2) is 5.78 Å². The number of ketones is 1. The van der Waals surface area contributed by atoms with E-state index in [1.54, 1.807) is 13.1 Å². The smallest absolute Gasteiger partial charge is 0.320 e. The van der Waals surface area contributed by atoms with Crippen LogP contribution in [-0.2, 0) is 14.3 Å². The van der Waals surface area contributed by atoms with E-state index >= 15 is 0 Å². The number of nitrogens with one attached hydrogen (secondary N) is 1. The summed E-state index contributed by atoms with van der Waals surface area (Å²) >= 11 is 0. The molecular weight excluding hydrogens is 292 g/mol. The van der Waals surface area contributed by atoms with Crippen molar-refractivity contribution in [1.29, 1.82) is 0 Å². The summed E-state index contributed by atoms with van der Waals surface area (Å²) in [6, 6.07) is -0.283. The van der Waals surface area contributed by atoms with Gasteiger partial charge >= 0.3 is 5.97 Å². The lowest BCUT2D eigenvalue weighted by atomic mass is 9.87. The summed E-state index contributed by atoms with van der Waals surface area (Å²) in [6.45, 7) is 13.7. The minimum atomic E-state index is -0.490. The Morgan fingerprint density at radius 2 is 1.78 bits per heavy atom. The lowest BCUT2D eigenvalue weighted by Crippen LogP contribution is -2.55. The Labute approximate surface area is 141 Å². The number of nitrogens with zero attached hydrogens (tertiary/aromatic N) is 1. The molecule has 5 nitrogen and oxygen atoms in total. The van der Waals surface area contributed by atoms with Crippen LogP contribution in [-0.4, -0.2) is 55.5 Å². The zero-order chi connectivity index (χ0) is 18.2. The highest BCUT2D eigenvalue weighted by Gasteiger charge is 2.39. The molecule has 0 aromatic heterocycles. The number of hydrogen-bond acceptors (Lipinski definition) is 5. The van der Waals surface area contributed by atoms with Crippen LogP contribution in [0.3, 0.4) is 0 Å². The fourth-order valence-corrected chi connectivity index (χ4v) is 2.48. The maximum Gasteiger partial charge on any atom is 0.320 e. The van der Waals surface area contributed by atoms with E-state index in [9.17, 15) is 9.59 Å². The van der Waals surface area contributed by atoms with Crippen molar-refractivity contribution in [3.63, 3.8) is 0 Å². The molecule has 0 amide bonds. The number of hydrogen-bond donors (Lipinski definition) is 1. The van der Waals surface area contributed by atoms with Crippen molar-refractivity contribution in [1.82, 2.24) is 10.2 Å². The van der Waals surface area contributed by atoms with Crippen LogP contribution in [0.1, 0.15) is 41.0 Å². The second kappa shape index (κ2) is 10.6. The lowest BCUT2D eigenvalue weighted by Gasteiger charge is -2.38. The molecule has 0 saturated heterocycles. The Bertz CT molecular complexity index is 394. The quantitative estimate of drug-likeness (QED) is 0.466. The molecule has 0 rings (SSSR count). The molecule has 3 atom stereocenters. The first-order chi connectivity index (χ1) is 10.7. The lowest BCUT2D eigenvalue weighted by molar-refractivity contribution is -0.158. The third kappa shape index (κ3) is 6.83. The van der Waals surface area contributed by atoms with E-state index < -0.39 is 12.1 Å². The van der Waals surface area contributed by atoms with E-state index in [-0.39, 0.29) is 36.2 Å². The molecule has 0 aliphatic carbocycles. The first-order valence-corrected chi connectivity index (χ1v) is 8.37. The van der Waals surface area contributed by atoms with Crippen LogP contribution < -0.4 is 5.32 Å². The highest BCUT2D eigenvalue weighted by Crippen LogP contribution is 2.24. The van der Waals surface area contributed by atoms with Gasteiger partial charge in [0.2, 0.25) is 0 Å². The van der Waals surface area contributed by atoms with Gasteiger partial charge in [-0.25, -0.2) is 0 Å². The topological polar surface area (TPSA) is 58.6 Å². The van der Waals surface area contributed by atoms with Crippen LogP contribution in [0, 0.1) is 11.8 Å². The molecule has 0 aromatic carbocycles. The predicted octanol–water partition coefficient (Wildman–Crippen LogP) is 2.26. The van der Waals surface area contributed by atoms with Crippen molar-refractivity contribution < 1.29 is 14.3 Å². The summed E-state index contributed by atoms with van der Waals surface area (Å²) < 4.78 is 5.70. The van der Waals surface area contributed by atoms with Gasteiger partial charge < -0.3 is 10.1 Å². The molecule has 0 unspecified atom stereocenters. The molecule has 0 radical (unpaired) electrons. The molecule has 0 aliphatic rings. The zero-order valence-electron chi connectivity index (χ0n) is 15.8. The van der Waals surface area contributed by atoms with Gasteiger partial charge in [0.1, 0.15) is 12.1 Å². The van der Waals surface area contributed by atoms with Gasteiger partial charge in [0, 0.05) is 12.0 Å². The maximum absolute atomic E-state index is 12.8. The van der Waals surface area contributed by atoms with E-state index in [4.69, 9.17) is 4.74 Å². The van der Waals surface area contributed by atoms with E-state index in [2.05, 4.69) is 11.9 Å². The molecule has 1 N–H and O–H groups in total. The Balaban J connectivity index is 5.62. The fourth-order valence-electron chi connectivity index (χ4n) is 2.48. The van der Waals surface area contributed by atoms with Gasteiger partial charge in [-0.05, 0) is 40.3 Å². The minimum absolute atomic E-state index is 0.0159. The van der Waals surface area contributed by atoms with Crippen molar-refractivity contribution >= 4 is 11.8 Å². The van der Waals surface area contributed by atoms with Crippen LogP contribution in [0.25, 0.3) is 0 Å². The van der Waals surface area contributed by atoms with Crippen molar-refractivity contribution in [2.24, 2.45) is 11.8 Å².